The van der Waals surface area contributed by atoms with Crippen LogP contribution >= 0.6 is 39.5 Å². The first-order chi connectivity index (χ1) is 12.0. The zero-order chi connectivity index (χ0) is 17.8. The highest BCUT2D eigenvalue weighted by atomic mass is 79.9. The summed E-state index contributed by atoms with van der Waals surface area (Å²) >= 11 is 5.26. The average molecular weight is 443 g/mol. The van der Waals surface area contributed by atoms with Crippen molar-refractivity contribution in [3.8, 4) is 0 Å². The molecule has 3 nitrogen and oxygen atoms in total. The number of alkyl halides is 2. The van der Waals surface area contributed by atoms with Crippen LogP contribution in [0.1, 0.15) is 5.56 Å². The Labute approximate surface area is 160 Å². The Morgan fingerprint density at radius 1 is 1.16 bits per heavy atom. The van der Waals surface area contributed by atoms with Crippen molar-refractivity contribution in [2.45, 2.75) is 22.3 Å². The smallest absolute Gasteiger partial charge is 0.288 e. The quantitative estimate of drug-likeness (QED) is 0.644. The standard InChI is InChI=1S/C17H13BrF2N2OS2/c18-11-3-1-10(2-4-11)9-14-15(23)22-17(25-14)21-12-5-7-13(8-6-12)24-16(19)20/h1-8,14,16H,9H2,(H,21,22,23)/t14-/m0/s1. The van der Waals surface area contributed by atoms with Crippen molar-refractivity contribution in [2.24, 2.45) is 4.99 Å². The Balaban J connectivity index is 1.65. The fourth-order valence-electron chi connectivity index (χ4n) is 2.25. The third-order valence-corrected chi connectivity index (χ3v) is 5.74. The van der Waals surface area contributed by atoms with Crippen LogP contribution in [0.5, 0.6) is 0 Å². The molecule has 0 spiro atoms. The van der Waals surface area contributed by atoms with E-state index in [9.17, 15) is 13.6 Å². The Hall–Kier alpha value is -1.38. The van der Waals surface area contributed by atoms with Crippen molar-refractivity contribution >= 4 is 56.2 Å². The topological polar surface area (TPSA) is 41.5 Å². The molecular formula is C17H13BrF2N2OS2. The van der Waals surface area contributed by atoms with Crippen molar-refractivity contribution in [3.05, 3.63) is 58.6 Å². The number of amides is 1. The highest BCUT2D eigenvalue weighted by Gasteiger charge is 2.30. The third-order valence-electron chi connectivity index (χ3n) is 3.40. The van der Waals surface area contributed by atoms with Gasteiger partial charge in [-0.15, -0.1) is 0 Å². The third kappa shape index (κ3) is 5.29. The molecule has 1 heterocycles. The van der Waals surface area contributed by atoms with Crippen LogP contribution in [0.3, 0.4) is 0 Å². The van der Waals surface area contributed by atoms with Crippen LogP contribution in [0, 0.1) is 0 Å². The van der Waals surface area contributed by atoms with Gasteiger partial charge in [-0.2, -0.15) is 8.78 Å². The van der Waals surface area contributed by atoms with E-state index in [0.29, 0.717) is 33.9 Å². The van der Waals surface area contributed by atoms with Gasteiger partial charge in [0.2, 0.25) is 5.91 Å². The van der Waals surface area contributed by atoms with Gasteiger partial charge < -0.3 is 5.32 Å². The molecule has 1 amide bonds. The molecule has 1 saturated heterocycles. The van der Waals surface area contributed by atoms with Crippen LogP contribution < -0.4 is 5.32 Å². The molecule has 2 aromatic carbocycles. The van der Waals surface area contributed by atoms with E-state index in [-0.39, 0.29) is 11.2 Å². The van der Waals surface area contributed by atoms with Gasteiger partial charge in [0.15, 0.2) is 5.17 Å². The van der Waals surface area contributed by atoms with Gasteiger partial charge in [0.1, 0.15) is 0 Å². The van der Waals surface area contributed by atoms with E-state index < -0.39 is 5.76 Å². The minimum Gasteiger partial charge on any atom is -0.304 e. The Kier molecular flexibility index (Phi) is 6.14. The SMILES string of the molecule is O=C1NC(=Nc2ccc(SC(F)F)cc2)S[C@H]1Cc1ccc(Br)cc1. The number of amidine groups is 1. The minimum atomic E-state index is -2.44. The highest BCUT2D eigenvalue weighted by Crippen LogP contribution is 2.29. The Bertz CT molecular complexity index is 782. The summed E-state index contributed by atoms with van der Waals surface area (Å²) in [6.45, 7) is 0. The number of benzene rings is 2. The second kappa shape index (κ2) is 8.33. The molecule has 0 radical (unpaired) electrons. The predicted octanol–water partition coefficient (Wildman–Crippen LogP) is 5.23. The Morgan fingerprint density at radius 2 is 1.84 bits per heavy atom. The minimum absolute atomic E-state index is 0.0726. The summed E-state index contributed by atoms with van der Waals surface area (Å²) in [6.07, 6.45) is 0.618. The van der Waals surface area contributed by atoms with Crippen LogP contribution in [0.4, 0.5) is 14.5 Å². The molecule has 1 aliphatic rings. The van der Waals surface area contributed by atoms with Crippen LogP contribution in [0.15, 0.2) is 62.9 Å². The molecule has 1 atom stereocenters. The van der Waals surface area contributed by atoms with Gasteiger partial charge in [-0.1, -0.05) is 51.6 Å². The summed E-state index contributed by atoms with van der Waals surface area (Å²) < 4.78 is 25.6. The molecule has 8 heteroatoms. The molecule has 0 aliphatic carbocycles. The second-order valence-electron chi connectivity index (χ2n) is 5.22. The van der Waals surface area contributed by atoms with E-state index in [1.807, 2.05) is 24.3 Å². The molecule has 0 saturated carbocycles. The first-order valence-corrected chi connectivity index (χ1v) is 9.90. The maximum atomic E-state index is 12.3. The van der Waals surface area contributed by atoms with Gasteiger partial charge in [0, 0.05) is 9.37 Å². The van der Waals surface area contributed by atoms with Gasteiger partial charge in [0.05, 0.1) is 10.9 Å². The summed E-state index contributed by atoms with van der Waals surface area (Å²) in [7, 11) is 0. The molecule has 0 bridgehead atoms. The van der Waals surface area contributed by atoms with E-state index in [0.717, 1.165) is 10.0 Å². The molecule has 25 heavy (non-hydrogen) atoms. The summed E-state index contributed by atoms with van der Waals surface area (Å²) in [5.74, 6) is -2.52. The van der Waals surface area contributed by atoms with E-state index in [1.165, 1.54) is 11.8 Å². The van der Waals surface area contributed by atoms with Gasteiger partial charge in [-0.25, -0.2) is 4.99 Å². The number of halogens is 3. The van der Waals surface area contributed by atoms with Crippen molar-refractivity contribution in [2.75, 3.05) is 0 Å². The van der Waals surface area contributed by atoms with Crippen molar-refractivity contribution in [1.29, 1.82) is 0 Å². The van der Waals surface area contributed by atoms with Crippen LogP contribution in [0.25, 0.3) is 0 Å². The second-order valence-corrected chi connectivity index (χ2v) is 8.39. The largest absolute Gasteiger partial charge is 0.304 e. The maximum absolute atomic E-state index is 12.3. The Morgan fingerprint density at radius 3 is 2.48 bits per heavy atom. The normalized spacial score (nSPS) is 18.8. The lowest BCUT2D eigenvalue weighted by Crippen LogP contribution is -2.25. The first-order valence-electron chi connectivity index (χ1n) is 7.35. The summed E-state index contributed by atoms with van der Waals surface area (Å²) in [5, 5.41) is 3.07. The summed E-state index contributed by atoms with van der Waals surface area (Å²) in [6, 6.07) is 14.4. The zero-order valence-corrected chi connectivity index (χ0v) is 16.0. The lowest BCUT2D eigenvalue weighted by atomic mass is 10.1. The monoisotopic (exact) mass is 442 g/mol. The molecule has 130 valence electrons. The zero-order valence-electron chi connectivity index (χ0n) is 12.8. The van der Waals surface area contributed by atoms with Crippen molar-refractivity contribution < 1.29 is 13.6 Å². The van der Waals surface area contributed by atoms with Crippen LogP contribution in [-0.2, 0) is 11.2 Å². The number of nitrogens with zero attached hydrogens (tertiary/aromatic N) is 1. The molecule has 2 aromatic rings. The van der Waals surface area contributed by atoms with E-state index in [4.69, 9.17) is 0 Å². The number of carbonyl (C=O) groups is 1. The number of carbonyl (C=O) groups excluding carboxylic acids is 1. The number of hydrogen-bond donors (Lipinski definition) is 1. The maximum Gasteiger partial charge on any atom is 0.288 e. The van der Waals surface area contributed by atoms with Gasteiger partial charge >= 0.3 is 0 Å². The lowest BCUT2D eigenvalue weighted by molar-refractivity contribution is -0.118. The number of aliphatic imine (C=N–C) groups is 1. The molecule has 0 aromatic heterocycles. The number of thioether (sulfide) groups is 2. The van der Waals surface area contributed by atoms with Crippen LogP contribution in [-0.4, -0.2) is 22.1 Å². The summed E-state index contributed by atoms with van der Waals surface area (Å²) in [4.78, 5) is 17.0. The van der Waals surface area contributed by atoms with E-state index in [2.05, 4.69) is 26.2 Å². The number of nitrogens with one attached hydrogen (secondary N) is 1. The molecule has 1 fully saturated rings. The predicted molar refractivity (Wildman–Crippen MR) is 103 cm³/mol. The van der Waals surface area contributed by atoms with E-state index >= 15 is 0 Å². The van der Waals surface area contributed by atoms with Crippen LogP contribution in [0.2, 0.25) is 0 Å². The van der Waals surface area contributed by atoms with Gasteiger partial charge in [-0.3, -0.25) is 4.79 Å². The average Bonchev–Trinajstić information content (AvgIpc) is 2.90. The van der Waals surface area contributed by atoms with Gasteiger partial charge in [0.25, 0.3) is 5.76 Å². The number of rotatable bonds is 5. The fraction of sp³-hybridized carbons (Fsp3) is 0.176. The molecular weight excluding hydrogens is 430 g/mol. The fourth-order valence-corrected chi connectivity index (χ4v) is 4.04. The lowest BCUT2D eigenvalue weighted by Gasteiger charge is -2.05. The number of hydrogen-bond acceptors (Lipinski definition) is 4. The van der Waals surface area contributed by atoms with E-state index in [1.54, 1.807) is 24.3 Å². The van der Waals surface area contributed by atoms with Crippen molar-refractivity contribution in [1.82, 2.24) is 5.32 Å². The first kappa shape index (κ1) is 18.4. The molecule has 1 N–H and O–H groups in total. The molecule has 3 rings (SSSR count). The molecule has 0 unspecified atom stereocenters. The summed E-state index contributed by atoms with van der Waals surface area (Å²) in [5.41, 5.74) is 1.69. The molecule has 1 aliphatic heterocycles. The van der Waals surface area contributed by atoms with Crippen molar-refractivity contribution in [3.63, 3.8) is 0 Å². The van der Waals surface area contributed by atoms with Gasteiger partial charge in [-0.05, 0) is 48.4 Å². The highest BCUT2D eigenvalue weighted by molar-refractivity contribution is 9.10.